The first-order valence-electron chi connectivity index (χ1n) is 8.42. The van der Waals surface area contributed by atoms with E-state index in [0.29, 0.717) is 5.56 Å². The van der Waals surface area contributed by atoms with Crippen molar-refractivity contribution in [3.63, 3.8) is 0 Å². The molecule has 0 atom stereocenters. The van der Waals surface area contributed by atoms with Gasteiger partial charge in [0.05, 0.1) is 12.7 Å². The van der Waals surface area contributed by atoms with Crippen LogP contribution in [0.2, 0.25) is 0 Å². The standard InChI is InChI=1S/C21H21N3O2/c1-26-21(25)20-8-6-17(7-9-20)14-24(15-18-4-2-10-22-12-18)16-19-5-3-11-23-13-19/h2-13H,14-16H2,1H3. The van der Waals surface area contributed by atoms with E-state index in [1.165, 1.54) is 7.11 Å². The lowest BCUT2D eigenvalue weighted by molar-refractivity contribution is 0.0600. The van der Waals surface area contributed by atoms with Gasteiger partial charge in [0.25, 0.3) is 0 Å². The summed E-state index contributed by atoms with van der Waals surface area (Å²) in [4.78, 5) is 22.3. The average Bonchev–Trinajstić information content (AvgIpc) is 2.69. The molecular weight excluding hydrogens is 326 g/mol. The molecular formula is C21H21N3O2. The third-order valence-electron chi connectivity index (χ3n) is 4.04. The lowest BCUT2D eigenvalue weighted by atomic mass is 10.1. The van der Waals surface area contributed by atoms with Crippen LogP contribution in [-0.4, -0.2) is 27.9 Å². The van der Waals surface area contributed by atoms with Crippen LogP contribution in [0.3, 0.4) is 0 Å². The van der Waals surface area contributed by atoms with Gasteiger partial charge >= 0.3 is 5.97 Å². The molecule has 1 aromatic carbocycles. The quantitative estimate of drug-likeness (QED) is 0.613. The van der Waals surface area contributed by atoms with E-state index in [-0.39, 0.29) is 5.97 Å². The molecule has 2 aromatic heterocycles. The number of ether oxygens (including phenoxy) is 1. The van der Waals surface area contributed by atoms with Gasteiger partial charge < -0.3 is 4.74 Å². The third-order valence-corrected chi connectivity index (χ3v) is 4.04. The molecule has 0 unspecified atom stereocenters. The number of hydrogen-bond donors (Lipinski definition) is 0. The number of aromatic nitrogens is 2. The number of pyridine rings is 2. The largest absolute Gasteiger partial charge is 0.465 e. The molecule has 0 aliphatic rings. The molecule has 0 saturated heterocycles. The lowest BCUT2D eigenvalue weighted by Gasteiger charge is -2.22. The Labute approximate surface area is 153 Å². The number of nitrogens with zero attached hydrogens (tertiary/aromatic N) is 3. The summed E-state index contributed by atoms with van der Waals surface area (Å²) < 4.78 is 4.75. The molecule has 5 nitrogen and oxygen atoms in total. The van der Waals surface area contributed by atoms with E-state index in [9.17, 15) is 4.79 Å². The molecule has 2 heterocycles. The van der Waals surface area contributed by atoms with Crippen molar-refractivity contribution in [2.75, 3.05) is 7.11 Å². The van der Waals surface area contributed by atoms with Gasteiger partial charge in [0.15, 0.2) is 0 Å². The molecule has 0 N–H and O–H groups in total. The predicted molar refractivity (Wildman–Crippen MR) is 99.2 cm³/mol. The third kappa shape index (κ3) is 4.97. The predicted octanol–water partition coefficient (Wildman–Crippen LogP) is 3.47. The maximum Gasteiger partial charge on any atom is 0.337 e. The first kappa shape index (κ1) is 17.8. The van der Waals surface area contributed by atoms with Crippen LogP contribution < -0.4 is 0 Å². The van der Waals surface area contributed by atoms with E-state index in [1.807, 2.05) is 36.7 Å². The van der Waals surface area contributed by atoms with Gasteiger partial charge in [-0.1, -0.05) is 24.3 Å². The van der Waals surface area contributed by atoms with Crippen molar-refractivity contribution in [3.8, 4) is 0 Å². The smallest absolute Gasteiger partial charge is 0.337 e. The molecule has 0 amide bonds. The van der Waals surface area contributed by atoms with Gasteiger partial charge in [-0.3, -0.25) is 14.9 Å². The second-order valence-electron chi connectivity index (χ2n) is 6.06. The maximum atomic E-state index is 11.6. The van der Waals surface area contributed by atoms with Crippen molar-refractivity contribution in [1.82, 2.24) is 14.9 Å². The Morgan fingerprint density at radius 1 is 0.846 bits per heavy atom. The Bertz CT molecular complexity index is 779. The van der Waals surface area contributed by atoms with Gasteiger partial charge in [-0.15, -0.1) is 0 Å². The minimum atomic E-state index is -0.320. The molecule has 26 heavy (non-hydrogen) atoms. The molecule has 132 valence electrons. The van der Waals surface area contributed by atoms with Crippen molar-refractivity contribution in [2.24, 2.45) is 0 Å². The molecule has 0 radical (unpaired) electrons. The van der Waals surface area contributed by atoms with Crippen molar-refractivity contribution in [3.05, 3.63) is 95.6 Å². The van der Waals surface area contributed by atoms with Crippen LogP contribution in [-0.2, 0) is 24.4 Å². The summed E-state index contributed by atoms with van der Waals surface area (Å²) in [7, 11) is 1.39. The summed E-state index contributed by atoms with van der Waals surface area (Å²) in [6.07, 6.45) is 7.33. The number of hydrogen-bond acceptors (Lipinski definition) is 5. The van der Waals surface area contributed by atoms with Gasteiger partial charge in [-0.25, -0.2) is 4.79 Å². The van der Waals surface area contributed by atoms with E-state index in [2.05, 4.69) is 27.0 Å². The first-order valence-corrected chi connectivity index (χ1v) is 8.42. The number of rotatable bonds is 7. The zero-order valence-electron chi connectivity index (χ0n) is 14.7. The molecule has 0 bridgehead atoms. The number of benzene rings is 1. The Hall–Kier alpha value is -3.05. The fraction of sp³-hybridized carbons (Fsp3) is 0.190. The van der Waals surface area contributed by atoms with Gasteiger partial charge in [-0.05, 0) is 41.0 Å². The topological polar surface area (TPSA) is 55.3 Å². The van der Waals surface area contributed by atoms with E-state index in [1.54, 1.807) is 24.5 Å². The van der Waals surface area contributed by atoms with Crippen LogP contribution in [0.15, 0.2) is 73.3 Å². The van der Waals surface area contributed by atoms with E-state index in [0.717, 1.165) is 36.3 Å². The molecule has 3 rings (SSSR count). The Balaban J connectivity index is 1.75. The highest BCUT2D eigenvalue weighted by Crippen LogP contribution is 2.14. The van der Waals surface area contributed by atoms with Crippen LogP contribution in [0.5, 0.6) is 0 Å². The van der Waals surface area contributed by atoms with Gasteiger partial charge in [0.1, 0.15) is 0 Å². The summed E-state index contributed by atoms with van der Waals surface area (Å²) in [5.41, 5.74) is 4.00. The van der Waals surface area contributed by atoms with Crippen molar-refractivity contribution in [1.29, 1.82) is 0 Å². The summed E-state index contributed by atoms with van der Waals surface area (Å²) in [5, 5.41) is 0. The van der Waals surface area contributed by atoms with Crippen molar-refractivity contribution in [2.45, 2.75) is 19.6 Å². The molecule has 0 spiro atoms. The average molecular weight is 347 g/mol. The lowest BCUT2D eigenvalue weighted by Crippen LogP contribution is -2.22. The zero-order valence-corrected chi connectivity index (χ0v) is 14.7. The number of carbonyl (C=O) groups excluding carboxylic acids is 1. The second kappa shape index (κ2) is 8.87. The maximum absolute atomic E-state index is 11.6. The Morgan fingerprint density at radius 2 is 1.38 bits per heavy atom. The van der Waals surface area contributed by atoms with Crippen molar-refractivity contribution < 1.29 is 9.53 Å². The molecule has 3 aromatic rings. The summed E-state index contributed by atoms with van der Waals surface area (Å²) in [5.74, 6) is -0.320. The minimum Gasteiger partial charge on any atom is -0.465 e. The molecule has 0 fully saturated rings. The summed E-state index contributed by atoms with van der Waals surface area (Å²) in [6, 6.07) is 15.6. The number of esters is 1. The fourth-order valence-electron chi connectivity index (χ4n) is 2.79. The number of carbonyl (C=O) groups is 1. The molecule has 0 aliphatic heterocycles. The normalized spacial score (nSPS) is 10.7. The zero-order chi connectivity index (χ0) is 18.2. The second-order valence-corrected chi connectivity index (χ2v) is 6.06. The number of methoxy groups -OCH3 is 1. The van der Waals surface area contributed by atoms with Crippen molar-refractivity contribution >= 4 is 5.97 Å². The molecule has 0 saturated carbocycles. The van der Waals surface area contributed by atoms with Crippen LogP contribution in [0.4, 0.5) is 0 Å². The summed E-state index contributed by atoms with van der Waals surface area (Å²) in [6.45, 7) is 2.31. The SMILES string of the molecule is COC(=O)c1ccc(CN(Cc2cccnc2)Cc2cccnc2)cc1. The highest BCUT2D eigenvalue weighted by molar-refractivity contribution is 5.89. The fourth-order valence-corrected chi connectivity index (χ4v) is 2.79. The van der Waals surface area contributed by atoms with E-state index in [4.69, 9.17) is 4.74 Å². The molecule has 5 heteroatoms. The monoisotopic (exact) mass is 347 g/mol. The van der Waals surface area contributed by atoms with Crippen LogP contribution in [0, 0.1) is 0 Å². The van der Waals surface area contributed by atoms with E-state index < -0.39 is 0 Å². The highest BCUT2D eigenvalue weighted by atomic mass is 16.5. The van der Waals surface area contributed by atoms with Crippen LogP contribution >= 0.6 is 0 Å². The molecule has 0 aliphatic carbocycles. The minimum absolute atomic E-state index is 0.320. The van der Waals surface area contributed by atoms with Crippen LogP contribution in [0.1, 0.15) is 27.0 Å². The highest BCUT2D eigenvalue weighted by Gasteiger charge is 2.10. The van der Waals surface area contributed by atoms with Gasteiger partial charge in [0, 0.05) is 44.4 Å². The first-order chi connectivity index (χ1) is 12.7. The van der Waals surface area contributed by atoms with Gasteiger partial charge in [0.2, 0.25) is 0 Å². The Kier molecular flexibility index (Phi) is 6.06. The Morgan fingerprint density at radius 3 is 1.85 bits per heavy atom. The van der Waals surface area contributed by atoms with Crippen LogP contribution in [0.25, 0.3) is 0 Å². The van der Waals surface area contributed by atoms with Gasteiger partial charge in [-0.2, -0.15) is 0 Å². The van der Waals surface area contributed by atoms with E-state index >= 15 is 0 Å². The summed E-state index contributed by atoms with van der Waals surface area (Å²) >= 11 is 0.